The van der Waals surface area contributed by atoms with Crippen molar-refractivity contribution in [3.63, 3.8) is 0 Å². The average molecular weight is 316 g/mol. The molecule has 1 amide bonds. The maximum Gasteiger partial charge on any atom is 0.220 e. The van der Waals surface area contributed by atoms with E-state index in [4.69, 9.17) is 4.42 Å². The zero-order valence-electron chi connectivity index (χ0n) is 13.6. The van der Waals surface area contributed by atoms with Crippen LogP contribution in [0.4, 0.5) is 0 Å². The summed E-state index contributed by atoms with van der Waals surface area (Å²) in [6, 6.07) is 5.98. The maximum atomic E-state index is 12.1. The third kappa shape index (κ3) is 4.01. The Morgan fingerprint density at radius 3 is 2.87 bits per heavy atom. The molecule has 0 saturated carbocycles. The van der Waals surface area contributed by atoms with Crippen molar-refractivity contribution >= 4 is 5.91 Å². The molecule has 0 aromatic carbocycles. The monoisotopic (exact) mass is 316 g/mol. The summed E-state index contributed by atoms with van der Waals surface area (Å²) < 4.78 is 7.38. The first-order chi connectivity index (χ1) is 11.2. The van der Waals surface area contributed by atoms with Gasteiger partial charge in [-0.15, -0.1) is 0 Å². The van der Waals surface area contributed by atoms with Crippen molar-refractivity contribution in [3.8, 4) is 0 Å². The van der Waals surface area contributed by atoms with Gasteiger partial charge in [0.05, 0.1) is 12.3 Å². The Hall–Kier alpha value is -2.08. The van der Waals surface area contributed by atoms with Crippen molar-refractivity contribution in [2.45, 2.75) is 31.7 Å². The van der Waals surface area contributed by atoms with E-state index < -0.39 is 0 Å². The molecule has 3 rings (SSSR count). The number of amides is 1. The van der Waals surface area contributed by atoms with E-state index in [1.54, 1.807) is 12.5 Å². The molecule has 1 atom stereocenters. The summed E-state index contributed by atoms with van der Waals surface area (Å²) >= 11 is 0. The van der Waals surface area contributed by atoms with Gasteiger partial charge in [-0.05, 0) is 50.6 Å². The standard InChI is InChI=1S/C17H24N4O2/c1-20-14(8-9-19-20)6-7-17(22)18-13-15(16-5-4-12-23-16)21-10-2-3-11-21/h4-5,8-9,12,15H,2-3,6-7,10-11,13H2,1H3,(H,18,22)/t15-/m0/s1. The fourth-order valence-corrected chi connectivity index (χ4v) is 3.13. The van der Waals surface area contributed by atoms with E-state index in [-0.39, 0.29) is 11.9 Å². The summed E-state index contributed by atoms with van der Waals surface area (Å²) in [7, 11) is 1.90. The third-order valence-corrected chi connectivity index (χ3v) is 4.48. The molecule has 0 bridgehead atoms. The van der Waals surface area contributed by atoms with Crippen LogP contribution in [-0.2, 0) is 18.3 Å². The van der Waals surface area contributed by atoms with Crippen LogP contribution >= 0.6 is 0 Å². The topological polar surface area (TPSA) is 63.3 Å². The number of carbonyl (C=O) groups is 1. The first-order valence-electron chi connectivity index (χ1n) is 8.25. The van der Waals surface area contributed by atoms with Crippen LogP contribution in [0.5, 0.6) is 0 Å². The molecule has 0 aliphatic carbocycles. The number of hydrogen-bond donors (Lipinski definition) is 1. The molecule has 0 unspecified atom stereocenters. The second kappa shape index (κ2) is 7.46. The number of nitrogens with one attached hydrogen (secondary N) is 1. The minimum atomic E-state index is 0.0713. The lowest BCUT2D eigenvalue weighted by Crippen LogP contribution is -2.36. The Kier molecular flexibility index (Phi) is 5.12. The van der Waals surface area contributed by atoms with Gasteiger partial charge < -0.3 is 9.73 Å². The van der Waals surface area contributed by atoms with Crippen LogP contribution in [0.15, 0.2) is 35.1 Å². The number of aromatic nitrogens is 2. The fourth-order valence-electron chi connectivity index (χ4n) is 3.13. The van der Waals surface area contributed by atoms with Gasteiger partial charge in [-0.2, -0.15) is 5.10 Å². The Morgan fingerprint density at radius 1 is 1.39 bits per heavy atom. The molecule has 1 aliphatic heterocycles. The van der Waals surface area contributed by atoms with E-state index in [0.29, 0.717) is 19.4 Å². The van der Waals surface area contributed by atoms with Gasteiger partial charge in [-0.1, -0.05) is 0 Å². The van der Waals surface area contributed by atoms with Crippen LogP contribution in [0.25, 0.3) is 0 Å². The number of hydrogen-bond acceptors (Lipinski definition) is 4. The predicted molar refractivity (Wildman–Crippen MR) is 86.8 cm³/mol. The Morgan fingerprint density at radius 2 is 2.22 bits per heavy atom. The highest BCUT2D eigenvalue weighted by molar-refractivity contribution is 5.76. The smallest absolute Gasteiger partial charge is 0.220 e. The number of nitrogens with zero attached hydrogens (tertiary/aromatic N) is 3. The van der Waals surface area contributed by atoms with Crippen LogP contribution in [-0.4, -0.2) is 40.2 Å². The van der Waals surface area contributed by atoms with Crippen molar-refractivity contribution in [1.82, 2.24) is 20.0 Å². The van der Waals surface area contributed by atoms with E-state index in [2.05, 4.69) is 15.3 Å². The zero-order valence-corrected chi connectivity index (χ0v) is 13.6. The normalized spacial score (nSPS) is 16.6. The molecule has 6 heteroatoms. The number of furan rings is 1. The van der Waals surface area contributed by atoms with Crippen LogP contribution in [0, 0.1) is 0 Å². The van der Waals surface area contributed by atoms with Gasteiger partial charge in [0.25, 0.3) is 0 Å². The molecule has 2 aromatic rings. The second-order valence-corrected chi connectivity index (χ2v) is 6.02. The van der Waals surface area contributed by atoms with Crippen molar-refractivity contribution in [2.75, 3.05) is 19.6 Å². The summed E-state index contributed by atoms with van der Waals surface area (Å²) in [6.45, 7) is 2.73. The SMILES string of the molecule is Cn1nccc1CCC(=O)NC[C@@H](c1ccco1)N1CCCC1. The largest absolute Gasteiger partial charge is 0.468 e. The maximum absolute atomic E-state index is 12.1. The molecule has 2 aromatic heterocycles. The summed E-state index contributed by atoms with van der Waals surface area (Å²) in [5, 5.41) is 7.18. The molecule has 1 N–H and O–H groups in total. The predicted octanol–water partition coefficient (Wildman–Crippen LogP) is 1.90. The molecule has 23 heavy (non-hydrogen) atoms. The van der Waals surface area contributed by atoms with Gasteiger partial charge >= 0.3 is 0 Å². The first-order valence-corrected chi connectivity index (χ1v) is 8.25. The van der Waals surface area contributed by atoms with Gasteiger partial charge in [0, 0.05) is 31.9 Å². The summed E-state index contributed by atoms with van der Waals surface area (Å²) in [5.41, 5.74) is 1.07. The van der Waals surface area contributed by atoms with Gasteiger partial charge in [0.1, 0.15) is 5.76 Å². The summed E-state index contributed by atoms with van der Waals surface area (Å²) in [5.74, 6) is 1.00. The molecule has 6 nitrogen and oxygen atoms in total. The number of likely N-dealkylation sites (tertiary alicyclic amines) is 1. The highest BCUT2D eigenvalue weighted by Gasteiger charge is 2.25. The molecule has 124 valence electrons. The second-order valence-electron chi connectivity index (χ2n) is 6.02. The average Bonchev–Trinajstić information content (AvgIpc) is 3.29. The van der Waals surface area contributed by atoms with Crippen LogP contribution < -0.4 is 5.32 Å². The van der Waals surface area contributed by atoms with Crippen LogP contribution in [0.3, 0.4) is 0 Å². The molecular weight excluding hydrogens is 292 g/mol. The van der Waals surface area contributed by atoms with Crippen molar-refractivity contribution < 1.29 is 9.21 Å². The van der Waals surface area contributed by atoms with Crippen molar-refractivity contribution in [3.05, 3.63) is 42.1 Å². The van der Waals surface area contributed by atoms with Crippen molar-refractivity contribution in [2.24, 2.45) is 7.05 Å². The minimum Gasteiger partial charge on any atom is -0.468 e. The number of rotatable bonds is 7. The highest BCUT2D eigenvalue weighted by Crippen LogP contribution is 2.24. The van der Waals surface area contributed by atoms with Gasteiger partial charge in [0.15, 0.2) is 0 Å². The van der Waals surface area contributed by atoms with E-state index in [0.717, 1.165) is 24.5 Å². The highest BCUT2D eigenvalue weighted by atomic mass is 16.3. The molecule has 0 spiro atoms. The van der Waals surface area contributed by atoms with Gasteiger partial charge in [-0.3, -0.25) is 14.4 Å². The van der Waals surface area contributed by atoms with E-state index in [9.17, 15) is 4.79 Å². The lowest BCUT2D eigenvalue weighted by molar-refractivity contribution is -0.121. The first kappa shape index (κ1) is 15.8. The molecular formula is C17H24N4O2. The molecule has 1 fully saturated rings. The molecule has 3 heterocycles. The lowest BCUT2D eigenvalue weighted by atomic mass is 10.2. The third-order valence-electron chi connectivity index (χ3n) is 4.48. The zero-order chi connectivity index (χ0) is 16.1. The Balaban J connectivity index is 1.52. The minimum absolute atomic E-state index is 0.0713. The van der Waals surface area contributed by atoms with Crippen LogP contribution in [0.2, 0.25) is 0 Å². The van der Waals surface area contributed by atoms with E-state index in [1.807, 2.05) is 29.9 Å². The molecule has 0 radical (unpaired) electrons. The van der Waals surface area contributed by atoms with E-state index in [1.165, 1.54) is 12.8 Å². The Bertz CT molecular complexity index is 614. The van der Waals surface area contributed by atoms with Gasteiger partial charge in [0.2, 0.25) is 5.91 Å². The molecule has 1 saturated heterocycles. The van der Waals surface area contributed by atoms with Crippen molar-refractivity contribution in [1.29, 1.82) is 0 Å². The van der Waals surface area contributed by atoms with Gasteiger partial charge in [-0.25, -0.2) is 0 Å². The Labute approximate surface area is 136 Å². The van der Waals surface area contributed by atoms with E-state index >= 15 is 0 Å². The quantitative estimate of drug-likeness (QED) is 0.847. The fraction of sp³-hybridized carbons (Fsp3) is 0.529. The lowest BCUT2D eigenvalue weighted by Gasteiger charge is -2.26. The summed E-state index contributed by atoms with van der Waals surface area (Å²) in [6.07, 6.45) is 7.06. The summed E-state index contributed by atoms with van der Waals surface area (Å²) in [4.78, 5) is 14.5. The number of aryl methyl sites for hydroxylation is 2. The van der Waals surface area contributed by atoms with Crippen LogP contribution in [0.1, 0.15) is 36.8 Å². The number of carbonyl (C=O) groups excluding carboxylic acids is 1. The molecule has 1 aliphatic rings.